The molecule has 0 atom stereocenters. The summed E-state index contributed by atoms with van der Waals surface area (Å²) in [5.41, 5.74) is 4.15. The van der Waals surface area contributed by atoms with Crippen molar-refractivity contribution in [3.8, 4) is 17.2 Å². The quantitative estimate of drug-likeness (QED) is 0.502. The van der Waals surface area contributed by atoms with E-state index in [9.17, 15) is 4.79 Å². The summed E-state index contributed by atoms with van der Waals surface area (Å²) in [6, 6.07) is 18.9. The highest BCUT2D eigenvalue weighted by Gasteiger charge is 2.05. The highest BCUT2D eigenvalue weighted by atomic mass is 16.5. The first-order chi connectivity index (χ1) is 13.6. The van der Waals surface area contributed by atoms with E-state index in [4.69, 9.17) is 14.2 Å². The third-order valence-electron chi connectivity index (χ3n) is 4.24. The van der Waals surface area contributed by atoms with Crippen LogP contribution in [0.1, 0.15) is 12.5 Å². The lowest BCUT2D eigenvalue weighted by molar-refractivity contribution is -0.123. The van der Waals surface area contributed by atoms with Crippen molar-refractivity contribution >= 4 is 22.4 Å². The summed E-state index contributed by atoms with van der Waals surface area (Å²) in [5, 5.41) is 6.31. The van der Waals surface area contributed by atoms with E-state index in [2.05, 4.69) is 10.5 Å². The van der Waals surface area contributed by atoms with Crippen molar-refractivity contribution in [1.82, 2.24) is 5.43 Å². The zero-order valence-corrected chi connectivity index (χ0v) is 16.1. The molecule has 0 saturated carbocycles. The Hall–Kier alpha value is -3.54. The van der Waals surface area contributed by atoms with Crippen LogP contribution in [-0.2, 0) is 4.79 Å². The summed E-state index contributed by atoms with van der Waals surface area (Å²) < 4.78 is 15.8. The molecule has 6 nitrogen and oxygen atoms in total. The van der Waals surface area contributed by atoms with Gasteiger partial charge in [0.1, 0.15) is 17.2 Å². The molecule has 0 bridgehead atoms. The molecule has 0 aliphatic rings. The van der Waals surface area contributed by atoms with Gasteiger partial charge in [-0.15, -0.1) is 0 Å². The van der Waals surface area contributed by atoms with E-state index in [1.165, 1.54) is 0 Å². The molecule has 3 aromatic carbocycles. The predicted octanol–water partition coefficient (Wildman–Crippen LogP) is 3.78. The number of rotatable bonds is 7. The molecule has 0 radical (unpaired) electrons. The minimum atomic E-state index is -0.333. The first-order valence-electron chi connectivity index (χ1n) is 8.77. The largest absolute Gasteiger partial charge is 0.497 e. The Labute approximate surface area is 163 Å². The van der Waals surface area contributed by atoms with Crippen LogP contribution in [0, 0.1) is 0 Å². The van der Waals surface area contributed by atoms with E-state index in [-0.39, 0.29) is 12.5 Å². The summed E-state index contributed by atoms with van der Waals surface area (Å²) >= 11 is 0. The van der Waals surface area contributed by atoms with Gasteiger partial charge in [-0.1, -0.05) is 18.2 Å². The number of fused-ring (bicyclic) bond motifs is 1. The molecule has 144 valence electrons. The van der Waals surface area contributed by atoms with Crippen molar-refractivity contribution < 1.29 is 19.0 Å². The standard InChI is InChI=1S/C22H22N2O4/c1-15(16-4-5-18-13-21(27-3)7-6-17(18)12-16)23-24-22(25)14-28-20-10-8-19(26-2)9-11-20/h4-13H,14H2,1-3H3,(H,24,25). The van der Waals surface area contributed by atoms with Gasteiger partial charge in [0.25, 0.3) is 5.91 Å². The van der Waals surface area contributed by atoms with Crippen LogP contribution >= 0.6 is 0 Å². The lowest BCUT2D eigenvalue weighted by Crippen LogP contribution is -2.25. The highest BCUT2D eigenvalue weighted by Crippen LogP contribution is 2.22. The van der Waals surface area contributed by atoms with Gasteiger partial charge >= 0.3 is 0 Å². The van der Waals surface area contributed by atoms with E-state index >= 15 is 0 Å². The molecule has 1 amide bonds. The maximum Gasteiger partial charge on any atom is 0.277 e. The van der Waals surface area contributed by atoms with Crippen molar-refractivity contribution in [3.63, 3.8) is 0 Å². The fourth-order valence-electron chi connectivity index (χ4n) is 2.64. The van der Waals surface area contributed by atoms with Gasteiger partial charge in [-0.05, 0) is 65.7 Å². The molecule has 0 aliphatic carbocycles. The van der Waals surface area contributed by atoms with Crippen LogP contribution in [0.4, 0.5) is 0 Å². The molecular weight excluding hydrogens is 356 g/mol. The van der Waals surface area contributed by atoms with Crippen LogP contribution in [-0.4, -0.2) is 32.4 Å². The summed E-state index contributed by atoms with van der Waals surface area (Å²) in [4.78, 5) is 12.0. The lowest BCUT2D eigenvalue weighted by atomic mass is 10.0. The smallest absolute Gasteiger partial charge is 0.277 e. The van der Waals surface area contributed by atoms with Gasteiger partial charge in [-0.3, -0.25) is 4.79 Å². The number of amides is 1. The number of methoxy groups -OCH3 is 2. The van der Waals surface area contributed by atoms with Gasteiger partial charge in [0.2, 0.25) is 0 Å². The van der Waals surface area contributed by atoms with Crippen molar-refractivity contribution in [1.29, 1.82) is 0 Å². The number of hydrazone groups is 1. The number of benzene rings is 3. The minimum absolute atomic E-state index is 0.124. The van der Waals surface area contributed by atoms with Gasteiger partial charge < -0.3 is 14.2 Å². The Kier molecular flexibility index (Phi) is 6.11. The summed E-state index contributed by atoms with van der Waals surface area (Å²) in [6.07, 6.45) is 0. The van der Waals surface area contributed by atoms with E-state index < -0.39 is 0 Å². The molecule has 0 aliphatic heterocycles. The predicted molar refractivity (Wildman–Crippen MR) is 109 cm³/mol. The topological polar surface area (TPSA) is 69.2 Å². The highest BCUT2D eigenvalue weighted by molar-refractivity contribution is 6.02. The second kappa shape index (κ2) is 8.90. The van der Waals surface area contributed by atoms with Crippen LogP contribution in [0.25, 0.3) is 10.8 Å². The summed E-state index contributed by atoms with van der Waals surface area (Å²) in [5.74, 6) is 1.79. The molecule has 0 fully saturated rings. The average Bonchev–Trinajstić information content (AvgIpc) is 2.75. The monoisotopic (exact) mass is 378 g/mol. The SMILES string of the molecule is COc1ccc(OCC(=O)NN=C(C)c2ccc3cc(OC)ccc3c2)cc1. The molecule has 28 heavy (non-hydrogen) atoms. The second-order valence-electron chi connectivity index (χ2n) is 6.12. The van der Waals surface area contributed by atoms with Crippen molar-refractivity contribution in [2.24, 2.45) is 5.10 Å². The normalized spacial score (nSPS) is 11.2. The number of hydrogen-bond acceptors (Lipinski definition) is 5. The molecule has 1 N–H and O–H groups in total. The van der Waals surface area contributed by atoms with Crippen LogP contribution in [0.15, 0.2) is 65.8 Å². The Balaban J connectivity index is 1.59. The van der Waals surface area contributed by atoms with E-state index in [0.717, 1.165) is 27.8 Å². The van der Waals surface area contributed by atoms with E-state index in [0.29, 0.717) is 11.5 Å². The second-order valence-corrected chi connectivity index (χ2v) is 6.12. The zero-order valence-electron chi connectivity index (χ0n) is 16.1. The van der Waals surface area contributed by atoms with E-state index in [1.807, 2.05) is 43.3 Å². The number of nitrogens with one attached hydrogen (secondary N) is 1. The number of nitrogens with zero attached hydrogens (tertiary/aromatic N) is 1. The van der Waals surface area contributed by atoms with Crippen LogP contribution in [0.2, 0.25) is 0 Å². The van der Waals surface area contributed by atoms with E-state index in [1.54, 1.807) is 38.5 Å². The first kappa shape index (κ1) is 19.2. The zero-order chi connectivity index (χ0) is 19.9. The fourth-order valence-corrected chi connectivity index (χ4v) is 2.64. The number of ether oxygens (including phenoxy) is 3. The Bertz CT molecular complexity index is 997. The molecule has 0 saturated heterocycles. The van der Waals surface area contributed by atoms with Gasteiger partial charge in [-0.2, -0.15) is 5.10 Å². The Morgan fingerprint density at radius 3 is 2.18 bits per heavy atom. The first-order valence-corrected chi connectivity index (χ1v) is 8.77. The molecule has 0 aromatic heterocycles. The molecular formula is C22H22N2O4. The molecule has 0 spiro atoms. The van der Waals surface area contributed by atoms with Gasteiger partial charge in [0.15, 0.2) is 6.61 Å². The third kappa shape index (κ3) is 4.79. The van der Waals surface area contributed by atoms with Crippen molar-refractivity contribution in [3.05, 3.63) is 66.2 Å². The molecule has 6 heteroatoms. The van der Waals surface area contributed by atoms with Gasteiger partial charge in [0.05, 0.1) is 19.9 Å². The minimum Gasteiger partial charge on any atom is -0.497 e. The Morgan fingerprint density at radius 1 is 0.857 bits per heavy atom. The Morgan fingerprint density at radius 2 is 1.46 bits per heavy atom. The molecule has 0 unspecified atom stereocenters. The van der Waals surface area contributed by atoms with Crippen LogP contribution in [0.3, 0.4) is 0 Å². The number of carbonyl (C=O) groups is 1. The molecule has 3 rings (SSSR count). The number of hydrogen-bond donors (Lipinski definition) is 1. The van der Waals surface area contributed by atoms with Crippen molar-refractivity contribution in [2.45, 2.75) is 6.92 Å². The fraction of sp³-hybridized carbons (Fsp3) is 0.182. The maximum atomic E-state index is 12.0. The van der Waals surface area contributed by atoms with Crippen LogP contribution in [0.5, 0.6) is 17.2 Å². The number of carbonyl (C=O) groups excluding carboxylic acids is 1. The molecule has 0 heterocycles. The lowest BCUT2D eigenvalue weighted by Gasteiger charge is -2.07. The average molecular weight is 378 g/mol. The van der Waals surface area contributed by atoms with Gasteiger partial charge in [-0.25, -0.2) is 5.43 Å². The van der Waals surface area contributed by atoms with Gasteiger partial charge in [0, 0.05) is 0 Å². The van der Waals surface area contributed by atoms with Crippen LogP contribution < -0.4 is 19.6 Å². The maximum absolute atomic E-state index is 12.0. The molecule has 3 aromatic rings. The third-order valence-corrected chi connectivity index (χ3v) is 4.24. The summed E-state index contributed by atoms with van der Waals surface area (Å²) in [7, 11) is 3.24. The summed E-state index contributed by atoms with van der Waals surface area (Å²) in [6.45, 7) is 1.72. The van der Waals surface area contributed by atoms with Crippen molar-refractivity contribution in [2.75, 3.05) is 20.8 Å².